The maximum Gasteiger partial charge on any atom is 0.243 e. The van der Waals surface area contributed by atoms with Crippen LogP contribution in [0.4, 0.5) is 0 Å². The molecule has 0 saturated carbocycles. The Morgan fingerprint density at radius 3 is 2.78 bits per heavy atom. The minimum Gasteiger partial charge on any atom is -0.372 e. The molecule has 0 spiro atoms. The lowest BCUT2D eigenvalue weighted by molar-refractivity contribution is 0.342. The van der Waals surface area contributed by atoms with Gasteiger partial charge in [-0.05, 0) is 12.1 Å². The van der Waals surface area contributed by atoms with Crippen LogP contribution in [0.1, 0.15) is 6.92 Å². The van der Waals surface area contributed by atoms with E-state index in [1.54, 1.807) is 18.2 Å². The Morgan fingerprint density at radius 2 is 2.22 bits per heavy atom. The molecule has 1 aromatic carbocycles. The molecule has 0 aromatic heterocycles. The van der Waals surface area contributed by atoms with Gasteiger partial charge in [-0.25, -0.2) is 8.42 Å². The summed E-state index contributed by atoms with van der Waals surface area (Å²) in [6, 6.07) is 6.99. The highest BCUT2D eigenvalue weighted by molar-refractivity contribution is 7.89. The molecule has 1 aliphatic heterocycles. The van der Waals surface area contributed by atoms with E-state index < -0.39 is 10.0 Å². The third kappa shape index (κ3) is 2.94. The van der Waals surface area contributed by atoms with E-state index in [0.717, 1.165) is 5.46 Å². The molecule has 6 heteroatoms. The van der Waals surface area contributed by atoms with Gasteiger partial charge in [0.25, 0.3) is 0 Å². The van der Waals surface area contributed by atoms with Crippen LogP contribution in [0.2, 0.25) is 6.82 Å². The predicted octanol–water partition coefficient (Wildman–Crippen LogP) is 0.474. The second kappa shape index (κ2) is 5.42. The summed E-state index contributed by atoms with van der Waals surface area (Å²) in [5, 5.41) is 0. The van der Waals surface area contributed by atoms with Gasteiger partial charge in [-0.3, -0.25) is 0 Å². The highest BCUT2D eigenvalue weighted by Gasteiger charge is 2.31. The van der Waals surface area contributed by atoms with Crippen LogP contribution in [0.25, 0.3) is 0 Å². The summed E-state index contributed by atoms with van der Waals surface area (Å²) in [5.74, 6) is 0. The first-order valence-corrected chi connectivity index (χ1v) is 7.53. The van der Waals surface area contributed by atoms with Crippen LogP contribution in [-0.4, -0.2) is 45.8 Å². The summed E-state index contributed by atoms with van der Waals surface area (Å²) in [4.78, 5) is 0.348. The second-order valence-electron chi connectivity index (χ2n) is 4.27. The van der Waals surface area contributed by atoms with Crippen molar-refractivity contribution >= 4 is 22.8 Å². The number of ether oxygens (including phenoxy) is 1. The average molecular weight is 266 g/mol. The predicted molar refractivity (Wildman–Crippen MR) is 71.9 cm³/mol. The van der Waals surface area contributed by atoms with Crippen molar-refractivity contribution in [2.45, 2.75) is 24.7 Å². The highest BCUT2D eigenvalue weighted by Crippen LogP contribution is 2.18. The van der Waals surface area contributed by atoms with Crippen LogP contribution in [0.3, 0.4) is 0 Å². The lowest BCUT2D eigenvalue weighted by Crippen LogP contribution is -2.34. The number of benzene rings is 1. The zero-order valence-electron chi connectivity index (χ0n) is 10.7. The average Bonchev–Trinajstić information content (AvgIpc) is 3.19. The lowest BCUT2D eigenvalue weighted by atomic mass is 9.74. The first-order valence-electron chi connectivity index (χ1n) is 6.09. The van der Waals surface area contributed by atoms with Crippen molar-refractivity contribution < 1.29 is 13.2 Å². The molecule has 1 aromatic rings. The highest BCUT2D eigenvalue weighted by atomic mass is 32.2. The SMILES string of the molecule is C[B]c1cccc(S(=O)(=O)N(CC)C[C@H]2CO2)c1. The molecular formula is C12H17BNO3S. The summed E-state index contributed by atoms with van der Waals surface area (Å²) in [5.41, 5.74) is 0.912. The molecule has 1 heterocycles. The first-order chi connectivity index (χ1) is 8.57. The third-order valence-corrected chi connectivity index (χ3v) is 4.93. The number of likely N-dealkylation sites (N-methyl/N-ethyl adjacent to an activating group) is 1. The Balaban J connectivity index is 2.26. The van der Waals surface area contributed by atoms with E-state index in [1.807, 2.05) is 27.1 Å². The van der Waals surface area contributed by atoms with Crippen LogP contribution in [0, 0.1) is 0 Å². The van der Waals surface area contributed by atoms with Crippen molar-refractivity contribution in [3.63, 3.8) is 0 Å². The zero-order chi connectivity index (χ0) is 13.2. The van der Waals surface area contributed by atoms with Gasteiger partial charge >= 0.3 is 0 Å². The molecule has 0 amide bonds. The zero-order valence-corrected chi connectivity index (χ0v) is 11.5. The molecule has 97 valence electrons. The minimum atomic E-state index is -3.41. The Morgan fingerprint density at radius 1 is 1.50 bits per heavy atom. The van der Waals surface area contributed by atoms with Crippen LogP contribution < -0.4 is 5.46 Å². The summed E-state index contributed by atoms with van der Waals surface area (Å²) in [6.07, 6.45) is 0.0700. The van der Waals surface area contributed by atoms with Crippen LogP contribution in [0.5, 0.6) is 0 Å². The molecular weight excluding hydrogens is 249 g/mol. The molecule has 4 nitrogen and oxygen atoms in total. The van der Waals surface area contributed by atoms with E-state index in [-0.39, 0.29) is 6.10 Å². The molecule has 0 unspecified atom stereocenters. The standard InChI is InChI=1S/C12H17BNO3S/c1-3-14(8-11-9-17-11)18(15,16)12-6-4-5-10(7-12)13-2/h4-7,11H,3,8-9H2,1-2H3/t11-/m0/s1. The quantitative estimate of drug-likeness (QED) is 0.555. The fourth-order valence-electron chi connectivity index (χ4n) is 1.80. The maximum atomic E-state index is 12.5. The molecule has 0 bridgehead atoms. The molecule has 1 radical (unpaired) electrons. The summed E-state index contributed by atoms with van der Waals surface area (Å²) >= 11 is 0. The van der Waals surface area contributed by atoms with E-state index in [4.69, 9.17) is 4.74 Å². The Labute approximate surface area is 109 Å². The summed E-state index contributed by atoms with van der Waals surface area (Å²) < 4.78 is 31.5. The van der Waals surface area contributed by atoms with Crippen LogP contribution >= 0.6 is 0 Å². The van der Waals surface area contributed by atoms with E-state index in [9.17, 15) is 8.42 Å². The van der Waals surface area contributed by atoms with Crippen molar-refractivity contribution in [3.05, 3.63) is 24.3 Å². The topological polar surface area (TPSA) is 49.9 Å². The number of rotatable bonds is 6. The molecule has 2 rings (SSSR count). The Hall–Kier alpha value is -0.845. The number of sulfonamides is 1. The van der Waals surface area contributed by atoms with Gasteiger partial charge < -0.3 is 4.74 Å². The smallest absolute Gasteiger partial charge is 0.243 e. The fourth-order valence-corrected chi connectivity index (χ4v) is 3.34. The van der Waals surface area contributed by atoms with E-state index in [1.165, 1.54) is 4.31 Å². The van der Waals surface area contributed by atoms with Gasteiger partial charge in [0, 0.05) is 13.1 Å². The van der Waals surface area contributed by atoms with Crippen molar-refractivity contribution in [1.82, 2.24) is 4.31 Å². The van der Waals surface area contributed by atoms with Crippen molar-refractivity contribution in [1.29, 1.82) is 0 Å². The maximum absolute atomic E-state index is 12.5. The van der Waals surface area contributed by atoms with Crippen molar-refractivity contribution in [3.8, 4) is 0 Å². The van der Waals surface area contributed by atoms with Crippen LogP contribution in [0.15, 0.2) is 29.2 Å². The van der Waals surface area contributed by atoms with Gasteiger partial charge in [0.05, 0.1) is 17.6 Å². The molecule has 1 aliphatic rings. The second-order valence-corrected chi connectivity index (χ2v) is 6.21. The molecule has 18 heavy (non-hydrogen) atoms. The van der Waals surface area contributed by atoms with Gasteiger partial charge in [0.1, 0.15) is 7.28 Å². The van der Waals surface area contributed by atoms with E-state index in [0.29, 0.717) is 24.6 Å². The third-order valence-electron chi connectivity index (χ3n) is 2.99. The lowest BCUT2D eigenvalue weighted by Gasteiger charge is -2.19. The molecule has 0 N–H and O–H groups in total. The van der Waals surface area contributed by atoms with Gasteiger partial charge in [0.2, 0.25) is 10.0 Å². The van der Waals surface area contributed by atoms with Crippen molar-refractivity contribution in [2.75, 3.05) is 19.7 Å². The Bertz CT molecular complexity index is 514. The molecule has 1 saturated heterocycles. The number of nitrogens with zero attached hydrogens (tertiary/aromatic N) is 1. The van der Waals surface area contributed by atoms with Gasteiger partial charge in [-0.2, -0.15) is 4.31 Å². The minimum absolute atomic E-state index is 0.0700. The van der Waals surface area contributed by atoms with Crippen molar-refractivity contribution in [2.24, 2.45) is 0 Å². The first kappa shape index (κ1) is 13.6. The number of hydrogen-bond donors (Lipinski definition) is 0. The molecule has 1 atom stereocenters. The fraction of sp³-hybridized carbons (Fsp3) is 0.500. The van der Waals surface area contributed by atoms with Gasteiger partial charge in [-0.1, -0.05) is 31.3 Å². The van der Waals surface area contributed by atoms with Gasteiger partial charge in [0.15, 0.2) is 0 Å². The van der Waals surface area contributed by atoms with Crippen LogP contribution in [-0.2, 0) is 14.8 Å². The molecule has 0 aliphatic carbocycles. The number of epoxide rings is 1. The Kier molecular flexibility index (Phi) is 4.09. The monoisotopic (exact) mass is 266 g/mol. The summed E-state index contributed by atoms with van der Waals surface area (Å²) in [6.45, 7) is 5.30. The van der Waals surface area contributed by atoms with Gasteiger partial charge in [-0.15, -0.1) is 0 Å². The van der Waals surface area contributed by atoms with E-state index in [2.05, 4.69) is 0 Å². The van der Waals surface area contributed by atoms with E-state index >= 15 is 0 Å². The molecule has 1 fully saturated rings. The summed E-state index contributed by atoms with van der Waals surface area (Å²) in [7, 11) is -1.52. The largest absolute Gasteiger partial charge is 0.372 e. The normalized spacial score (nSPS) is 18.9. The number of hydrogen-bond acceptors (Lipinski definition) is 3.